The summed E-state index contributed by atoms with van der Waals surface area (Å²) < 4.78 is 6.74. The van der Waals surface area contributed by atoms with Gasteiger partial charge in [-0.05, 0) is 0 Å². The minimum atomic E-state index is 0.0488. The summed E-state index contributed by atoms with van der Waals surface area (Å²) in [5, 5.41) is 8.80. The molecule has 0 spiro atoms. The number of rotatable bonds is 6. The summed E-state index contributed by atoms with van der Waals surface area (Å²) in [6.45, 7) is 0.399. The van der Waals surface area contributed by atoms with Gasteiger partial charge in [-0.1, -0.05) is 0 Å². The first-order valence-corrected chi connectivity index (χ1v) is 9.32. The maximum absolute atomic E-state index is 8.80. The molecule has 0 saturated heterocycles. The second-order valence-electron chi connectivity index (χ2n) is 3.50. The number of para-hydroxylation sites is 1. The number of benzene rings is 2. The molecule has 0 bridgehead atoms. The monoisotopic (exact) mass is 326 g/mol. The van der Waals surface area contributed by atoms with E-state index in [-0.39, 0.29) is 20.4 Å². The van der Waals surface area contributed by atoms with Crippen molar-refractivity contribution in [3.05, 3.63) is 54.6 Å². The van der Waals surface area contributed by atoms with Gasteiger partial charge in [0.15, 0.2) is 0 Å². The van der Waals surface area contributed by atoms with Gasteiger partial charge in [0.1, 0.15) is 0 Å². The number of hydrogen-bond donors (Lipinski definition) is 1. The van der Waals surface area contributed by atoms with E-state index in [1.54, 1.807) is 0 Å². The zero-order chi connectivity index (χ0) is 12.6. The Balaban J connectivity index is 2.00. The standard InChI is InChI=1S/C14H14O2SSe/c15-10-11-16-13-8-4-5-9-14(13)18-17-12-6-2-1-3-7-12/h1-9,15H,10-11H2. The van der Waals surface area contributed by atoms with Crippen LogP contribution in [0.15, 0.2) is 59.5 Å². The molecule has 0 aliphatic carbocycles. The predicted molar refractivity (Wildman–Crippen MR) is 76.7 cm³/mol. The molecule has 0 fully saturated rings. The Morgan fingerprint density at radius 1 is 1.00 bits per heavy atom. The molecule has 1 N–H and O–H groups in total. The van der Waals surface area contributed by atoms with Gasteiger partial charge in [-0.2, -0.15) is 0 Å². The maximum atomic E-state index is 8.80. The fraction of sp³-hybridized carbons (Fsp3) is 0.143. The van der Waals surface area contributed by atoms with E-state index in [9.17, 15) is 0 Å². The van der Waals surface area contributed by atoms with E-state index in [2.05, 4.69) is 18.2 Å². The zero-order valence-electron chi connectivity index (χ0n) is 9.78. The van der Waals surface area contributed by atoms with Crippen LogP contribution >= 0.6 is 10.2 Å². The van der Waals surface area contributed by atoms with E-state index in [4.69, 9.17) is 9.84 Å². The van der Waals surface area contributed by atoms with Crippen molar-refractivity contribution in [2.75, 3.05) is 13.2 Å². The summed E-state index contributed by atoms with van der Waals surface area (Å²) >= 11 is 0.271. The molecule has 0 amide bonds. The van der Waals surface area contributed by atoms with Crippen molar-refractivity contribution in [1.82, 2.24) is 0 Å². The van der Waals surface area contributed by atoms with E-state index in [0.29, 0.717) is 6.61 Å². The summed E-state index contributed by atoms with van der Waals surface area (Å²) in [5.41, 5.74) is 0. The van der Waals surface area contributed by atoms with E-state index in [1.165, 1.54) is 9.36 Å². The van der Waals surface area contributed by atoms with Gasteiger partial charge in [0.2, 0.25) is 0 Å². The van der Waals surface area contributed by atoms with Gasteiger partial charge >= 0.3 is 117 Å². The zero-order valence-corrected chi connectivity index (χ0v) is 12.3. The summed E-state index contributed by atoms with van der Waals surface area (Å²) in [7, 11) is 1.84. The van der Waals surface area contributed by atoms with Crippen molar-refractivity contribution in [1.29, 1.82) is 0 Å². The van der Waals surface area contributed by atoms with Crippen LogP contribution < -0.4 is 9.20 Å². The first kappa shape index (κ1) is 13.5. The molecule has 2 aromatic carbocycles. The van der Waals surface area contributed by atoms with Crippen molar-refractivity contribution in [2.24, 2.45) is 0 Å². The van der Waals surface area contributed by atoms with E-state index in [0.717, 1.165) is 5.75 Å². The van der Waals surface area contributed by atoms with Gasteiger partial charge in [-0.3, -0.25) is 0 Å². The summed E-state index contributed by atoms with van der Waals surface area (Å²) in [4.78, 5) is 1.27. The van der Waals surface area contributed by atoms with Crippen molar-refractivity contribution in [3.8, 4) is 5.75 Å². The predicted octanol–water partition coefficient (Wildman–Crippen LogP) is 2.09. The Hall–Kier alpha value is -0.931. The van der Waals surface area contributed by atoms with Gasteiger partial charge in [0.25, 0.3) is 0 Å². The quantitative estimate of drug-likeness (QED) is 0.825. The van der Waals surface area contributed by atoms with Crippen LogP contribution in [0.1, 0.15) is 0 Å². The van der Waals surface area contributed by atoms with Crippen LogP contribution in [0.3, 0.4) is 0 Å². The van der Waals surface area contributed by atoms with E-state index in [1.807, 2.05) is 46.6 Å². The van der Waals surface area contributed by atoms with Crippen LogP contribution in [0.4, 0.5) is 0 Å². The average molecular weight is 325 g/mol. The van der Waals surface area contributed by atoms with Crippen molar-refractivity contribution in [3.63, 3.8) is 0 Å². The molecule has 18 heavy (non-hydrogen) atoms. The summed E-state index contributed by atoms with van der Waals surface area (Å²) in [6, 6.07) is 18.4. The van der Waals surface area contributed by atoms with Crippen LogP contribution in [0.25, 0.3) is 0 Å². The van der Waals surface area contributed by atoms with Crippen molar-refractivity contribution >= 4 is 28.5 Å². The molecule has 0 saturated carbocycles. The normalized spacial score (nSPS) is 10.3. The summed E-state index contributed by atoms with van der Waals surface area (Å²) in [6.07, 6.45) is 0. The Bertz CT molecular complexity index is 476. The van der Waals surface area contributed by atoms with E-state index < -0.39 is 0 Å². The number of ether oxygens (including phenoxy) is 1. The Morgan fingerprint density at radius 2 is 1.72 bits per heavy atom. The average Bonchev–Trinajstić information content (AvgIpc) is 2.45. The molecule has 94 valence electrons. The number of hydrogen-bond acceptors (Lipinski definition) is 3. The Labute approximate surface area is 117 Å². The molecule has 0 radical (unpaired) electrons. The van der Waals surface area contributed by atoms with Gasteiger partial charge < -0.3 is 0 Å². The Morgan fingerprint density at radius 3 is 2.50 bits per heavy atom. The van der Waals surface area contributed by atoms with Crippen LogP contribution in [0.2, 0.25) is 0 Å². The molecule has 0 aromatic heterocycles. The van der Waals surface area contributed by atoms with Crippen LogP contribution in [-0.4, -0.2) is 32.2 Å². The van der Waals surface area contributed by atoms with Gasteiger partial charge in [0, 0.05) is 0 Å². The second kappa shape index (κ2) is 7.49. The van der Waals surface area contributed by atoms with Crippen LogP contribution in [0.5, 0.6) is 5.75 Å². The molecule has 0 aliphatic heterocycles. The van der Waals surface area contributed by atoms with Crippen molar-refractivity contribution < 1.29 is 9.84 Å². The van der Waals surface area contributed by atoms with Gasteiger partial charge in [-0.25, -0.2) is 0 Å². The second-order valence-corrected chi connectivity index (χ2v) is 7.32. The van der Waals surface area contributed by atoms with E-state index >= 15 is 0 Å². The van der Waals surface area contributed by atoms with Gasteiger partial charge in [-0.15, -0.1) is 0 Å². The summed E-state index contributed by atoms with van der Waals surface area (Å²) in [5.74, 6) is 0.884. The molecule has 2 nitrogen and oxygen atoms in total. The molecule has 0 heterocycles. The molecule has 2 rings (SSSR count). The molecular formula is C14H14O2SSe. The molecular weight excluding hydrogens is 311 g/mol. The fourth-order valence-corrected chi connectivity index (χ4v) is 5.12. The third-order valence-corrected chi connectivity index (χ3v) is 6.47. The van der Waals surface area contributed by atoms with Crippen molar-refractivity contribution in [2.45, 2.75) is 4.90 Å². The SMILES string of the molecule is OCCOc1ccccc1[Se]Sc1ccccc1. The molecule has 2 aromatic rings. The number of aliphatic hydroxyl groups excluding tert-OH is 1. The molecule has 0 aliphatic rings. The topological polar surface area (TPSA) is 29.5 Å². The third kappa shape index (κ3) is 4.07. The van der Waals surface area contributed by atoms with Crippen LogP contribution in [0, 0.1) is 0 Å². The first-order valence-electron chi connectivity index (χ1n) is 5.62. The van der Waals surface area contributed by atoms with Gasteiger partial charge in [0.05, 0.1) is 0 Å². The third-order valence-electron chi connectivity index (χ3n) is 2.17. The van der Waals surface area contributed by atoms with Crippen LogP contribution in [-0.2, 0) is 0 Å². The number of aliphatic hydroxyl groups is 1. The first-order chi connectivity index (χ1) is 8.90. The molecule has 4 heteroatoms. The molecule has 0 unspecified atom stereocenters. The molecule has 0 atom stereocenters. The fourth-order valence-electron chi connectivity index (χ4n) is 1.36. The Kier molecular flexibility index (Phi) is 5.62. The minimum absolute atomic E-state index is 0.0488.